The maximum absolute atomic E-state index is 13.9. The number of nitrogens with zero attached hydrogens (tertiary/aromatic N) is 1. The topological polar surface area (TPSA) is 62.6 Å². The van der Waals surface area contributed by atoms with E-state index in [2.05, 4.69) is 5.32 Å². The predicted molar refractivity (Wildman–Crippen MR) is 64.2 cm³/mol. The third-order valence-electron chi connectivity index (χ3n) is 3.90. The number of nitrogens with one attached hydrogen (secondary N) is 1. The average Bonchev–Trinajstić information content (AvgIpc) is 2.98. The van der Waals surface area contributed by atoms with Crippen molar-refractivity contribution in [1.29, 1.82) is 0 Å². The summed E-state index contributed by atoms with van der Waals surface area (Å²) in [6, 6.07) is 2.95. The van der Waals surface area contributed by atoms with Crippen LogP contribution in [0.4, 0.5) is 8.78 Å². The second kappa shape index (κ2) is 4.29. The summed E-state index contributed by atoms with van der Waals surface area (Å²) in [5.74, 6) is -4.05. The third kappa shape index (κ3) is 2.07. The molecule has 2 amide bonds. The number of furan rings is 1. The molecule has 0 radical (unpaired) electrons. The van der Waals surface area contributed by atoms with Crippen molar-refractivity contribution in [3.8, 4) is 0 Å². The van der Waals surface area contributed by atoms with Gasteiger partial charge in [-0.25, -0.2) is 8.78 Å². The van der Waals surface area contributed by atoms with Crippen molar-refractivity contribution in [1.82, 2.24) is 10.2 Å². The van der Waals surface area contributed by atoms with Crippen molar-refractivity contribution in [2.75, 3.05) is 19.6 Å². The van der Waals surface area contributed by atoms with E-state index >= 15 is 0 Å². The molecule has 1 atom stereocenters. The van der Waals surface area contributed by atoms with Gasteiger partial charge in [0.25, 0.3) is 11.8 Å². The molecule has 1 aromatic heterocycles. The van der Waals surface area contributed by atoms with Gasteiger partial charge in [0.15, 0.2) is 5.76 Å². The van der Waals surface area contributed by atoms with E-state index in [-0.39, 0.29) is 12.3 Å². The summed E-state index contributed by atoms with van der Waals surface area (Å²) in [6.07, 6.45) is 1.13. The highest BCUT2D eigenvalue weighted by atomic mass is 19.3. The van der Waals surface area contributed by atoms with Crippen LogP contribution in [0, 0.1) is 5.41 Å². The number of amides is 2. The van der Waals surface area contributed by atoms with Crippen LogP contribution in [0.25, 0.3) is 0 Å². The molecule has 0 unspecified atom stereocenters. The molecule has 0 aliphatic carbocycles. The van der Waals surface area contributed by atoms with Crippen molar-refractivity contribution in [3.05, 3.63) is 24.2 Å². The standard InChI is InChI=1S/C13H14F2N2O3/c14-13(15)6-12(3-4-16-11(12)19)7-17(8-13)10(18)9-2-1-5-20-9/h1-2,5H,3-4,6-8H2,(H,16,19)/t12-/m1/s1. The number of hydrogen-bond acceptors (Lipinski definition) is 3. The highest BCUT2D eigenvalue weighted by molar-refractivity contribution is 5.93. The number of carbonyl (C=O) groups is 2. The molecular weight excluding hydrogens is 270 g/mol. The zero-order valence-electron chi connectivity index (χ0n) is 10.7. The SMILES string of the molecule is O=C(c1ccco1)N1CC(F)(F)C[C@]2(CCNC2=O)C1. The van der Waals surface area contributed by atoms with E-state index in [1.54, 1.807) is 0 Å². The zero-order valence-corrected chi connectivity index (χ0v) is 10.7. The van der Waals surface area contributed by atoms with Gasteiger partial charge in [0.05, 0.1) is 18.2 Å². The Labute approximate surface area is 113 Å². The number of likely N-dealkylation sites (tertiary alicyclic amines) is 1. The minimum absolute atomic E-state index is 0.00789. The quantitative estimate of drug-likeness (QED) is 0.844. The fourth-order valence-corrected chi connectivity index (χ4v) is 3.04. The Balaban J connectivity index is 1.89. The van der Waals surface area contributed by atoms with Gasteiger partial charge in [-0.2, -0.15) is 0 Å². The van der Waals surface area contributed by atoms with Gasteiger partial charge >= 0.3 is 0 Å². The van der Waals surface area contributed by atoms with Crippen LogP contribution in [0.15, 0.2) is 22.8 Å². The summed E-state index contributed by atoms with van der Waals surface area (Å²) in [6.45, 7) is -0.298. The van der Waals surface area contributed by atoms with E-state index in [0.29, 0.717) is 13.0 Å². The smallest absolute Gasteiger partial charge is 0.289 e. The molecule has 2 saturated heterocycles. The van der Waals surface area contributed by atoms with Crippen LogP contribution in [0.2, 0.25) is 0 Å². The first kappa shape index (κ1) is 13.1. The van der Waals surface area contributed by atoms with Gasteiger partial charge in [0.2, 0.25) is 5.91 Å². The molecule has 108 valence electrons. The Morgan fingerprint density at radius 1 is 1.40 bits per heavy atom. The Morgan fingerprint density at radius 3 is 2.80 bits per heavy atom. The number of hydrogen-bond donors (Lipinski definition) is 1. The fraction of sp³-hybridized carbons (Fsp3) is 0.538. The van der Waals surface area contributed by atoms with E-state index in [9.17, 15) is 18.4 Å². The van der Waals surface area contributed by atoms with Crippen LogP contribution in [-0.4, -0.2) is 42.3 Å². The van der Waals surface area contributed by atoms with E-state index < -0.39 is 36.1 Å². The Kier molecular flexibility index (Phi) is 2.81. The largest absolute Gasteiger partial charge is 0.459 e. The molecule has 3 rings (SSSR count). The molecule has 0 bridgehead atoms. The molecule has 5 nitrogen and oxygen atoms in total. The van der Waals surface area contributed by atoms with Crippen molar-refractivity contribution in [2.24, 2.45) is 5.41 Å². The number of halogens is 2. The second-order valence-electron chi connectivity index (χ2n) is 5.46. The maximum atomic E-state index is 13.9. The molecule has 0 saturated carbocycles. The minimum Gasteiger partial charge on any atom is -0.459 e. The lowest BCUT2D eigenvalue weighted by Gasteiger charge is -2.42. The normalized spacial score (nSPS) is 28.7. The van der Waals surface area contributed by atoms with E-state index in [0.717, 1.165) is 4.90 Å². The van der Waals surface area contributed by atoms with Crippen LogP contribution in [0.1, 0.15) is 23.4 Å². The first-order valence-electron chi connectivity index (χ1n) is 6.41. The zero-order chi connectivity index (χ0) is 14.4. The van der Waals surface area contributed by atoms with E-state index in [1.807, 2.05) is 0 Å². The number of alkyl halides is 2. The lowest BCUT2D eigenvalue weighted by molar-refractivity contribution is -0.144. The molecule has 0 aromatic carbocycles. The monoisotopic (exact) mass is 284 g/mol. The van der Waals surface area contributed by atoms with Gasteiger partial charge in [-0.05, 0) is 18.6 Å². The van der Waals surface area contributed by atoms with Gasteiger partial charge in [-0.1, -0.05) is 0 Å². The third-order valence-corrected chi connectivity index (χ3v) is 3.90. The maximum Gasteiger partial charge on any atom is 0.289 e. The fourth-order valence-electron chi connectivity index (χ4n) is 3.04. The first-order chi connectivity index (χ1) is 9.42. The minimum atomic E-state index is -3.07. The van der Waals surface area contributed by atoms with Crippen LogP contribution in [0.5, 0.6) is 0 Å². The van der Waals surface area contributed by atoms with Crippen molar-refractivity contribution < 1.29 is 22.8 Å². The van der Waals surface area contributed by atoms with Gasteiger partial charge in [-0.15, -0.1) is 0 Å². The van der Waals surface area contributed by atoms with Crippen LogP contribution in [-0.2, 0) is 4.79 Å². The summed E-state index contributed by atoms with van der Waals surface area (Å²) < 4.78 is 32.8. The summed E-state index contributed by atoms with van der Waals surface area (Å²) in [7, 11) is 0. The predicted octanol–water partition coefficient (Wildman–Crippen LogP) is 1.27. The van der Waals surface area contributed by atoms with Gasteiger partial charge in [0.1, 0.15) is 0 Å². The summed E-state index contributed by atoms with van der Waals surface area (Å²) in [5, 5.41) is 2.58. The molecule has 7 heteroatoms. The molecule has 1 spiro atoms. The summed E-state index contributed by atoms with van der Waals surface area (Å²) >= 11 is 0. The Hall–Kier alpha value is -1.92. The second-order valence-corrected chi connectivity index (χ2v) is 5.46. The van der Waals surface area contributed by atoms with Gasteiger partial charge < -0.3 is 14.6 Å². The summed E-state index contributed by atoms with van der Waals surface area (Å²) in [5.41, 5.74) is -1.18. The first-order valence-corrected chi connectivity index (χ1v) is 6.41. The van der Waals surface area contributed by atoms with E-state index in [4.69, 9.17) is 4.42 Å². The molecule has 2 aliphatic heterocycles. The van der Waals surface area contributed by atoms with Crippen molar-refractivity contribution >= 4 is 11.8 Å². The number of rotatable bonds is 1. The van der Waals surface area contributed by atoms with Crippen LogP contribution in [0.3, 0.4) is 0 Å². The van der Waals surface area contributed by atoms with Gasteiger partial charge in [-0.3, -0.25) is 9.59 Å². The van der Waals surface area contributed by atoms with Crippen LogP contribution >= 0.6 is 0 Å². The number of carbonyl (C=O) groups excluding carboxylic acids is 2. The lowest BCUT2D eigenvalue weighted by Crippen LogP contribution is -2.56. The molecular formula is C13H14F2N2O3. The molecule has 2 fully saturated rings. The van der Waals surface area contributed by atoms with Crippen molar-refractivity contribution in [2.45, 2.75) is 18.8 Å². The molecule has 1 N–H and O–H groups in total. The van der Waals surface area contributed by atoms with Crippen LogP contribution < -0.4 is 5.32 Å². The molecule has 1 aromatic rings. The Morgan fingerprint density at radius 2 is 2.20 bits per heavy atom. The van der Waals surface area contributed by atoms with E-state index in [1.165, 1.54) is 18.4 Å². The number of piperidine rings is 1. The Bertz CT molecular complexity index is 544. The van der Waals surface area contributed by atoms with Crippen molar-refractivity contribution in [3.63, 3.8) is 0 Å². The molecule has 20 heavy (non-hydrogen) atoms. The van der Waals surface area contributed by atoms with Gasteiger partial charge in [0, 0.05) is 19.5 Å². The highest BCUT2D eigenvalue weighted by Crippen LogP contribution is 2.43. The average molecular weight is 284 g/mol. The molecule has 2 aliphatic rings. The lowest BCUT2D eigenvalue weighted by atomic mass is 9.77. The summed E-state index contributed by atoms with van der Waals surface area (Å²) in [4.78, 5) is 25.1. The highest BCUT2D eigenvalue weighted by Gasteiger charge is 2.55. The molecule has 3 heterocycles.